The topological polar surface area (TPSA) is 146 Å². The molecule has 0 radical (unpaired) electrons. The van der Waals surface area contributed by atoms with Crippen molar-refractivity contribution in [3.05, 3.63) is 71.3 Å². The highest BCUT2D eigenvalue weighted by Gasteiger charge is 2.29. The molecule has 0 aliphatic rings. The van der Waals surface area contributed by atoms with E-state index in [0.29, 0.717) is 5.56 Å². The highest BCUT2D eigenvalue weighted by Crippen LogP contribution is 2.14. The molecule has 0 unspecified atom stereocenters. The van der Waals surface area contributed by atoms with E-state index in [0.717, 1.165) is 12.7 Å². The SMILES string of the molecule is COC(=O)CC[C@H](NC(=O)OCc1ccccc1)C(=O)N[C@@H](Cc1ccccc1C(=O)OC)C(=O)OC. The summed E-state index contributed by atoms with van der Waals surface area (Å²) in [6.45, 7) is -0.0346. The van der Waals surface area contributed by atoms with Gasteiger partial charge in [-0.3, -0.25) is 9.59 Å². The largest absolute Gasteiger partial charge is 0.469 e. The van der Waals surface area contributed by atoms with Crippen molar-refractivity contribution in [1.82, 2.24) is 10.6 Å². The number of carbonyl (C=O) groups is 5. The summed E-state index contributed by atoms with van der Waals surface area (Å²) in [5.41, 5.74) is 1.40. The van der Waals surface area contributed by atoms with Crippen LogP contribution in [0, 0.1) is 0 Å². The van der Waals surface area contributed by atoms with Crippen LogP contribution < -0.4 is 10.6 Å². The summed E-state index contributed by atoms with van der Waals surface area (Å²) in [5.74, 6) is -2.73. The summed E-state index contributed by atoms with van der Waals surface area (Å²) in [6, 6.07) is 12.9. The second-order valence-corrected chi connectivity index (χ2v) is 7.81. The molecule has 0 saturated heterocycles. The zero-order valence-electron chi connectivity index (χ0n) is 20.9. The molecule has 2 amide bonds. The van der Waals surface area contributed by atoms with Crippen LogP contribution in [-0.4, -0.2) is 63.3 Å². The number of benzene rings is 2. The quantitative estimate of drug-likeness (QED) is 0.320. The molecule has 2 rings (SSSR count). The molecule has 2 N–H and O–H groups in total. The number of rotatable bonds is 12. The zero-order chi connectivity index (χ0) is 27.2. The van der Waals surface area contributed by atoms with Gasteiger partial charge in [0.05, 0.1) is 26.9 Å². The fourth-order valence-electron chi connectivity index (χ4n) is 3.38. The second-order valence-electron chi connectivity index (χ2n) is 7.81. The maximum atomic E-state index is 13.1. The van der Waals surface area contributed by atoms with Gasteiger partial charge < -0.3 is 29.6 Å². The Balaban J connectivity index is 2.16. The summed E-state index contributed by atoms with van der Waals surface area (Å²) < 4.78 is 19.4. The number of hydrogen-bond acceptors (Lipinski definition) is 9. The third kappa shape index (κ3) is 9.28. The Bertz CT molecular complexity index is 1090. The van der Waals surface area contributed by atoms with Crippen LogP contribution in [0.15, 0.2) is 54.6 Å². The van der Waals surface area contributed by atoms with Gasteiger partial charge in [-0.05, 0) is 23.6 Å². The normalized spacial score (nSPS) is 11.9. The third-order valence-corrected chi connectivity index (χ3v) is 5.34. The molecular weight excluding hydrogens is 484 g/mol. The van der Waals surface area contributed by atoms with Crippen LogP contribution >= 0.6 is 0 Å². The lowest BCUT2D eigenvalue weighted by Gasteiger charge is -2.22. The molecule has 11 nitrogen and oxygen atoms in total. The smallest absolute Gasteiger partial charge is 0.408 e. The van der Waals surface area contributed by atoms with Crippen LogP contribution in [0.1, 0.15) is 34.3 Å². The predicted octanol–water partition coefficient (Wildman–Crippen LogP) is 1.92. The molecular formula is C26H30N2O9. The summed E-state index contributed by atoms with van der Waals surface area (Å²) in [5, 5.41) is 4.96. The van der Waals surface area contributed by atoms with Crippen LogP contribution in [0.4, 0.5) is 4.79 Å². The average molecular weight is 515 g/mol. The number of carbonyl (C=O) groups excluding carboxylic acids is 5. The van der Waals surface area contributed by atoms with E-state index in [2.05, 4.69) is 15.4 Å². The van der Waals surface area contributed by atoms with Gasteiger partial charge in [-0.2, -0.15) is 0 Å². The Labute approximate surface area is 214 Å². The van der Waals surface area contributed by atoms with E-state index in [-0.39, 0.29) is 31.4 Å². The van der Waals surface area contributed by atoms with Gasteiger partial charge in [0, 0.05) is 12.8 Å². The lowest BCUT2D eigenvalue weighted by molar-refractivity contribution is -0.145. The summed E-state index contributed by atoms with van der Waals surface area (Å²) in [4.78, 5) is 61.8. The minimum Gasteiger partial charge on any atom is -0.469 e. The lowest BCUT2D eigenvalue weighted by atomic mass is 9.99. The molecule has 0 fully saturated rings. The van der Waals surface area contributed by atoms with Crippen LogP contribution in [-0.2, 0) is 46.4 Å². The van der Waals surface area contributed by atoms with Gasteiger partial charge in [-0.25, -0.2) is 14.4 Å². The number of amides is 2. The lowest BCUT2D eigenvalue weighted by Crippen LogP contribution is -2.52. The second kappa shape index (κ2) is 14.9. The van der Waals surface area contributed by atoms with Crippen molar-refractivity contribution in [3.63, 3.8) is 0 Å². The molecule has 198 valence electrons. The van der Waals surface area contributed by atoms with E-state index >= 15 is 0 Å². The molecule has 2 aromatic carbocycles. The fourth-order valence-corrected chi connectivity index (χ4v) is 3.38. The monoisotopic (exact) mass is 514 g/mol. The molecule has 0 spiro atoms. The maximum Gasteiger partial charge on any atom is 0.408 e. The predicted molar refractivity (Wildman–Crippen MR) is 130 cm³/mol. The minimum absolute atomic E-state index is 0.0346. The first-order valence-electron chi connectivity index (χ1n) is 11.4. The van der Waals surface area contributed by atoms with Gasteiger partial charge in [0.1, 0.15) is 18.7 Å². The van der Waals surface area contributed by atoms with Gasteiger partial charge in [-0.1, -0.05) is 48.5 Å². The van der Waals surface area contributed by atoms with Crippen molar-refractivity contribution in [3.8, 4) is 0 Å². The van der Waals surface area contributed by atoms with E-state index in [9.17, 15) is 24.0 Å². The minimum atomic E-state index is -1.23. The van der Waals surface area contributed by atoms with E-state index in [1.54, 1.807) is 42.5 Å². The van der Waals surface area contributed by atoms with Gasteiger partial charge in [0.25, 0.3) is 0 Å². The van der Waals surface area contributed by atoms with Crippen molar-refractivity contribution in [2.45, 2.75) is 38.0 Å². The number of hydrogen-bond donors (Lipinski definition) is 2. The first-order valence-corrected chi connectivity index (χ1v) is 11.4. The fraction of sp³-hybridized carbons (Fsp3) is 0.346. The standard InChI is InChI=1S/C26H30N2O9/c1-34-22(29)14-13-20(28-26(33)37-16-17-9-5-4-6-10-17)23(30)27-21(25(32)36-3)15-18-11-7-8-12-19(18)24(31)35-2/h4-12,20-21H,13-16H2,1-3H3,(H,27,30)(H,28,33)/t20-,21-/m0/s1. The Morgan fingerprint density at radius 3 is 2.11 bits per heavy atom. The molecule has 0 heterocycles. The molecule has 0 aromatic heterocycles. The molecule has 0 aliphatic carbocycles. The molecule has 11 heteroatoms. The Hall–Kier alpha value is -4.41. The maximum absolute atomic E-state index is 13.1. The van der Waals surface area contributed by atoms with Crippen molar-refractivity contribution >= 4 is 29.9 Å². The number of alkyl carbamates (subject to hydrolysis) is 1. The molecule has 2 aromatic rings. The molecule has 2 atom stereocenters. The van der Waals surface area contributed by atoms with Crippen molar-refractivity contribution in [1.29, 1.82) is 0 Å². The molecule has 0 aliphatic heterocycles. The number of methoxy groups -OCH3 is 3. The highest BCUT2D eigenvalue weighted by molar-refractivity contribution is 5.92. The van der Waals surface area contributed by atoms with Gasteiger partial charge >= 0.3 is 24.0 Å². The number of ether oxygens (including phenoxy) is 4. The van der Waals surface area contributed by atoms with E-state index < -0.39 is 42.0 Å². The van der Waals surface area contributed by atoms with Crippen LogP contribution in [0.25, 0.3) is 0 Å². The van der Waals surface area contributed by atoms with E-state index in [4.69, 9.17) is 14.2 Å². The first-order chi connectivity index (χ1) is 17.8. The number of esters is 3. The molecule has 37 heavy (non-hydrogen) atoms. The van der Waals surface area contributed by atoms with Crippen LogP contribution in [0.3, 0.4) is 0 Å². The first kappa shape index (κ1) is 28.8. The van der Waals surface area contributed by atoms with E-state index in [1.807, 2.05) is 6.07 Å². The Kier molecular flexibility index (Phi) is 11.6. The summed E-state index contributed by atoms with van der Waals surface area (Å²) in [7, 11) is 3.58. The molecule has 0 saturated carbocycles. The number of nitrogens with one attached hydrogen (secondary N) is 2. The van der Waals surface area contributed by atoms with E-state index in [1.165, 1.54) is 20.3 Å². The zero-order valence-corrected chi connectivity index (χ0v) is 20.9. The van der Waals surface area contributed by atoms with Crippen LogP contribution in [0.2, 0.25) is 0 Å². The Morgan fingerprint density at radius 1 is 0.784 bits per heavy atom. The van der Waals surface area contributed by atoms with Crippen LogP contribution in [0.5, 0.6) is 0 Å². The summed E-state index contributed by atoms with van der Waals surface area (Å²) >= 11 is 0. The van der Waals surface area contributed by atoms with Crippen molar-refractivity contribution in [2.24, 2.45) is 0 Å². The summed E-state index contributed by atoms with van der Waals surface area (Å²) in [6.07, 6.45) is -1.28. The van der Waals surface area contributed by atoms with Gasteiger partial charge in [0.15, 0.2) is 0 Å². The van der Waals surface area contributed by atoms with Crippen molar-refractivity contribution in [2.75, 3.05) is 21.3 Å². The third-order valence-electron chi connectivity index (χ3n) is 5.34. The van der Waals surface area contributed by atoms with Gasteiger partial charge in [0.2, 0.25) is 5.91 Å². The Morgan fingerprint density at radius 2 is 1.46 bits per heavy atom. The van der Waals surface area contributed by atoms with Gasteiger partial charge in [-0.15, -0.1) is 0 Å². The highest BCUT2D eigenvalue weighted by atomic mass is 16.5. The molecule has 0 bridgehead atoms. The average Bonchev–Trinajstić information content (AvgIpc) is 2.93. The van der Waals surface area contributed by atoms with Crippen molar-refractivity contribution < 1.29 is 42.9 Å².